The number of pyridine rings is 1. The first-order valence-electron chi connectivity index (χ1n) is 11.4. The SMILES string of the molecule is C[C@@H](NC(=O)c1cn2c(c(O)c1=O)C(=O)N1C3CC(C[C@@H]4C[C@H]34)O[C@H]1C2)c1ccc(F)cc1F. The van der Waals surface area contributed by atoms with Crippen LogP contribution in [0.4, 0.5) is 8.78 Å². The second-order valence-electron chi connectivity index (χ2n) is 9.71. The van der Waals surface area contributed by atoms with Gasteiger partial charge in [0.05, 0.1) is 18.7 Å². The van der Waals surface area contributed by atoms with Crippen LogP contribution in [0.15, 0.2) is 29.2 Å². The topological polar surface area (TPSA) is 101 Å². The number of carbonyl (C=O) groups excluding carboxylic acids is 2. The minimum Gasteiger partial charge on any atom is -0.503 e. The minimum atomic E-state index is -0.980. The molecular formula is C24H23F2N3O5. The van der Waals surface area contributed by atoms with Crippen LogP contribution in [-0.2, 0) is 11.3 Å². The molecule has 10 heteroatoms. The summed E-state index contributed by atoms with van der Waals surface area (Å²) >= 11 is 0. The summed E-state index contributed by atoms with van der Waals surface area (Å²) in [6.45, 7) is 1.67. The van der Waals surface area contributed by atoms with Gasteiger partial charge >= 0.3 is 0 Å². The highest BCUT2D eigenvalue weighted by molar-refractivity contribution is 5.99. The fourth-order valence-electron chi connectivity index (χ4n) is 5.91. The Morgan fingerprint density at radius 3 is 2.79 bits per heavy atom. The van der Waals surface area contributed by atoms with E-state index < -0.39 is 46.9 Å². The third-order valence-corrected chi connectivity index (χ3v) is 7.63. The Kier molecular flexibility index (Phi) is 4.61. The number of rotatable bonds is 3. The maximum atomic E-state index is 14.1. The fraction of sp³-hybridized carbons (Fsp3) is 0.458. The molecule has 2 aliphatic carbocycles. The lowest BCUT2D eigenvalue weighted by molar-refractivity contribution is -0.172. The number of halogens is 2. The molecule has 34 heavy (non-hydrogen) atoms. The summed E-state index contributed by atoms with van der Waals surface area (Å²) in [5.74, 6) is -2.69. The number of aromatic nitrogens is 1. The van der Waals surface area contributed by atoms with Crippen molar-refractivity contribution in [2.75, 3.05) is 0 Å². The molecule has 4 aliphatic rings. The lowest BCUT2D eigenvalue weighted by Gasteiger charge is -2.50. The first kappa shape index (κ1) is 21.3. The van der Waals surface area contributed by atoms with Crippen molar-refractivity contribution >= 4 is 11.8 Å². The molecule has 178 valence electrons. The van der Waals surface area contributed by atoms with Gasteiger partial charge in [-0.1, -0.05) is 6.07 Å². The van der Waals surface area contributed by atoms with Crippen molar-refractivity contribution in [1.29, 1.82) is 0 Å². The molecule has 3 fully saturated rings. The van der Waals surface area contributed by atoms with E-state index in [1.807, 2.05) is 0 Å². The average Bonchev–Trinajstić information content (AvgIpc) is 3.55. The Morgan fingerprint density at radius 1 is 1.24 bits per heavy atom. The van der Waals surface area contributed by atoms with Crippen LogP contribution in [0.1, 0.15) is 58.6 Å². The molecule has 2 amide bonds. The Morgan fingerprint density at radius 2 is 2.03 bits per heavy atom. The highest BCUT2D eigenvalue weighted by Gasteiger charge is 2.57. The summed E-state index contributed by atoms with van der Waals surface area (Å²) in [4.78, 5) is 40.7. The summed E-state index contributed by atoms with van der Waals surface area (Å²) in [5.41, 5.74) is -1.47. The van der Waals surface area contributed by atoms with E-state index in [1.54, 1.807) is 4.90 Å². The van der Waals surface area contributed by atoms with Crippen molar-refractivity contribution in [3.63, 3.8) is 0 Å². The van der Waals surface area contributed by atoms with E-state index in [0.717, 1.165) is 25.3 Å². The molecule has 2 saturated carbocycles. The van der Waals surface area contributed by atoms with Crippen LogP contribution in [0.3, 0.4) is 0 Å². The van der Waals surface area contributed by atoms with Gasteiger partial charge in [0.1, 0.15) is 17.2 Å². The number of amides is 2. The number of fused-ring (bicyclic) bond motifs is 7. The molecule has 2 aromatic rings. The lowest BCUT2D eigenvalue weighted by Crippen LogP contribution is -2.61. The first-order chi connectivity index (χ1) is 16.2. The highest BCUT2D eigenvalue weighted by atomic mass is 19.1. The Labute approximate surface area is 193 Å². The Balaban J connectivity index is 1.31. The zero-order valence-electron chi connectivity index (χ0n) is 18.3. The van der Waals surface area contributed by atoms with E-state index in [4.69, 9.17) is 4.74 Å². The number of ether oxygens (including phenoxy) is 1. The summed E-state index contributed by atoms with van der Waals surface area (Å²) < 4.78 is 34.8. The zero-order chi connectivity index (χ0) is 23.9. The minimum absolute atomic E-state index is 0.0349. The largest absolute Gasteiger partial charge is 0.503 e. The molecule has 2 aliphatic heterocycles. The number of aromatic hydroxyl groups is 1. The third-order valence-electron chi connectivity index (χ3n) is 7.63. The van der Waals surface area contributed by atoms with Crippen molar-refractivity contribution in [2.45, 2.75) is 57.1 Å². The molecular weight excluding hydrogens is 448 g/mol. The van der Waals surface area contributed by atoms with Gasteiger partial charge in [0.25, 0.3) is 11.8 Å². The Bertz CT molecular complexity index is 1290. The molecule has 0 radical (unpaired) electrons. The maximum Gasteiger partial charge on any atom is 0.276 e. The second-order valence-corrected chi connectivity index (χ2v) is 9.71. The molecule has 2 N–H and O–H groups in total. The smallest absolute Gasteiger partial charge is 0.276 e. The lowest BCUT2D eigenvalue weighted by atomic mass is 9.88. The van der Waals surface area contributed by atoms with E-state index in [0.29, 0.717) is 17.9 Å². The van der Waals surface area contributed by atoms with E-state index in [1.165, 1.54) is 23.8 Å². The van der Waals surface area contributed by atoms with E-state index in [-0.39, 0.29) is 35.5 Å². The molecule has 0 spiro atoms. The van der Waals surface area contributed by atoms with E-state index >= 15 is 0 Å². The van der Waals surface area contributed by atoms with Gasteiger partial charge in [-0.25, -0.2) is 8.78 Å². The molecule has 8 nitrogen and oxygen atoms in total. The number of benzene rings is 1. The number of hydrogen-bond acceptors (Lipinski definition) is 5. The van der Waals surface area contributed by atoms with Gasteiger partial charge in [-0.05, 0) is 44.1 Å². The van der Waals surface area contributed by atoms with Gasteiger partial charge in [0, 0.05) is 23.9 Å². The van der Waals surface area contributed by atoms with Crippen LogP contribution < -0.4 is 10.7 Å². The highest BCUT2D eigenvalue weighted by Crippen LogP contribution is 2.55. The van der Waals surface area contributed by atoms with Gasteiger partial charge in [0.2, 0.25) is 5.43 Å². The molecule has 6 rings (SSSR count). The predicted molar refractivity (Wildman–Crippen MR) is 114 cm³/mol. The van der Waals surface area contributed by atoms with Gasteiger partial charge < -0.3 is 24.6 Å². The van der Waals surface area contributed by atoms with Gasteiger partial charge in [-0.15, -0.1) is 0 Å². The zero-order valence-corrected chi connectivity index (χ0v) is 18.3. The van der Waals surface area contributed by atoms with Crippen LogP contribution in [0, 0.1) is 23.5 Å². The summed E-state index contributed by atoms with van der Waals surface area (Å²) in [7, 11) is 0. The molecule has 1 aromatic heterocycles. The van der Waals surface area contributed by atoms with Crippen LogP contribution in [0.5, 0.6) is 5.75 Å². The molecule has 6 atom stereocenters. The third kappa shape index (κ3) is 3.15. The summed E-state index contributed by atoms with van der Waals surface area (Å²) in [6, 6.07) is 2.15. The fourth-order valence-corrected chi connectivity index (χ4v) is 5.91. The van der Waals surface area contributed by atoms with Gasteiger partial charge in [0.15, 0.2) is 17.7 Å². The standard InChI is InChI=1S/C24H23F2N3O5/c1-10(14-3-2-12(25)6-17(14)26)27-23(32)16-8-28-9-19-29(24(33)20(28)22(31)21(16)30)18-7-13(34-19)4-11-5-15(11)18/h2-3,6,8,10-11,13,15,18-19,31H,4-5,7,9H2,1H3,(H,27,32)/t10-,11-,13?,15+,18?,19+/m1/s1. The van der Waals surface area contributed by atoms with Gasteiger partial charge in [-0.2, -0.15) is 0 Å². The summed E-state index contributed by atoms with van der Waals surface area (Å²) in [6.07, 6.45) is 3.58. The van der Waals surface area contributed by atoms with Crippen molar-refractivity contribution in [3.8, 4) is 5.75 Å². The normalized spacial score (nSPS) is 29.6. The number of hydrogen-bond donors (Lipinski definition) is 2. The van der Waals surface area contributed by atoms with E-state index in [9.17, 15) is 28.3 Å². The van der Waals surface area contributed by atoms with Crippen LogP contribution in [0.2, 0.25) is 0 Å². The number of nitrogens with zero attached hydrogens (tertiary/aromatic N) is 2. The maximum absolute atomic E-state index is 14.1. The summed E-state index contributed by atoms with van der Waals surface area (Å²) in [5, 5.41) is 13.2. The molecule has 1 aromatic carbocycles. The van der Waals surface area contributed by atoms with Crippen molar-refractivity contribution < 1.29 is 28.2 Å². The van der Waals surface area contributed by atoms with Crippen molar-refractivity contribution in [1.82, 2.24) is 14.8 Å². The van der Waals surface area contributed by atoms with E-state index in [2.05, 4.69) is 5.32 Å². The van der Waals surface area contributed by atoms with Crippen LogP contribution >= 0.6 is 0 Å². The first-order valence-corrected chi connectivity index (χ1v) is 11.4. The second kappa shape index (κ2) is 7.36. The van der Waals surface area contributed by atoms with Crippen LogP contribution in [-0.4, -0.2) is 44.8 Å². The number of nitrogens with one attached hydrogen (secondary N) is 1. The quantitative estimate of drug-likeness (QED) is 0.716. The molecule has 3 heterocycles. The van der Waals surface area contributed by atoms with Crippen LogP contribution in [0.25, 0.3) is 0 Å². The molecule has 2 unspecified atom stereocenters. The molecule has 2 bridgehead atoms. The van der Waals surface area contributed by atoms with Crippen molar-refractivity contribution in [2.24, 2.45) is 11.8 Å². The Hall–Kier alpha value is -3.27. The average molecular weight is 471 g/mol. The number of carbonyl (C=O) groups is 2. The van der Waals surface area contributed by atoms with Crippen molar-refractivity contribution in [3.05, 3.63) is 63.1 Å². The van der Waals surface area contributed by atoms with Gasteiger partial charge in [-0.3, -0.25) is 14.4 Å². The monoisotopic (exact) mass is 471 g/mol. The predicted octanol–water partition coefficient (Wildman–Crippen LogP) is 2.30. The molecule has 1 saturated heterocycles.